The van der Waals surface area contributed by atoms with Gasteiger partial charge in [-0.05, 0) is 23.6 Å². The first kappa shape index (κ1) is 27.4. The Hall–Kier alpha value is -4.17. The minimum atomic E-state index is -1.08. The molecule has 8 nitrogen and oxygen atoms in total. The van der Waals surface area contributed by atoms with Gasteiger partial charge in [0.1, 0.15) is 12.7 Å². The van der Waals surface area contributed by atoms with E-state index in [-0.39, 0.29) is 19.4 Å². The Balaban J connectivity index is 1.62. The predicted molar refractivity (Wildman–Crippen MR) is 139 cm³/mol. The third-order valence-electron chi connectivity index (χ3n) is 5.73. The second-order valence-corrected chi connectivity index (χ2v) is 8.49. The van der Waals surface area contributed by atoms with Crippen molar-refractivity contribution in [1.29, 1.82) is 0 Å². The maximum Gasteiger partial charge on any atom is 0.407 e. The summed E-state index contributed by atoms with van der Waals surface area (Å²) in [6.45, 7) is 2.16. The fourth-order valence-electron chi connectivity index (χ4n) is 4.06. The molecule has 0 radical (unpaired) electrons. The molecular weight excluding hydrogens is 472 g/mol. The van der Waals surface area contributed by atoms with Crippen molar-refractivity contribution in [3.8, 4) is 0 Å². The number of rotatable bonds is 13. The van der Waals surface area contributed by atoms with Crippen molar-refractivity contribution in [1.82, 2.24) is 10.6 Å². The first-order valence-electron chi connectivity index (χ1n) is 12.2. The van der Waals surface area contributed by atoms with Gasteiger partial charge in [-0.1, -0.05) is 91.0 Å². The number of carbonyl (C=O) groups excluding carboxylic acids is 2. The van der Waals surface area contributed by atoms with Gasteiger partial charge in [0.05, 0.1) is 18.4 Å². The van der Waals surface area contributed by atoms with Gasteiger partial charge in [-0.3, -0.25) is 14.9 Å². The van der Waals surface area contributed by atoms with Crippen molar-refractivity contribution in [3.05, 3.63) is 108 Å². The third-order valence-corrected chi connectivity index (χ3v) is 5.73. The minimum Gasteiger partial charge on any atom is -0.481 e. The number of benzene rings is 3. The maximum atomic E-state index is 12.2. The molecular formula is C29H32N2O6. The van der Waals surface area contributed by atoms with E-state index in [1.54, 1.807) is 6.92 Å². The lowest BCUT2D eigenvalue weighted by Crippen LogP contribution is -2.47. The van der Waals surface area contributed by atoms with Crippen LogP contribution in [0.25, 0.3) is 0 Å². The highest BCUT2D eigenvalue weighted by Gasteiger charge is 2.35. The van der Waals surface area contributed by atoms with Crippen molar-refractivity contribution < 1.29 is 29.0 Å². The molecule has 194 valence electrons. The van der Waals surface area contributed by atoms with Crippen molar-refractivity contribution >= 4 is 18.0 Å². The zero-order valence-corrected chi connectivity index (χ0v) is 20.8. The molecule has 37 heavy (non-hydrogen) atoms. The second kappa shape index (κ2) is 13.8. The fourth-order valence-corrected chi connectivity index (χ4v) is 4.06. The Morgan fingerprint density at radius 3 is 1.73 bits per heavy atom. The zero-order valence-electron chi connectivity index (χ0n) is 20.8. The lowest BCUT2D eigenvalue weighted by Gasteiger charge is -2.37. The highest BCUT2D eigenvalue weighted by molar-refractivity contribution is 5.76. The number of nitrogens with one attached hydrogen (secondary N) is 2. The highest BCUT2D eigenvalue weighted by atomic mass is 16.6. The SMILES string of the molecule is CC(COC(=O)NCCNC(c1ccccc1)(c1ccccc1)c1ccccc1)OC(=O)CCC(=O)O. The van der Waals surface area contributed by atoms with Gasteiger partial charge in [-0.25, -0.2) is 4.79 Å². The van der Waals surface area contributed by atoms with Crippen LogP contribution in [-0.4, -0.2) is 48.9 Å². The number of amides is 1. The van der Waals surface area contributed by atoms with E-state index in [1.807, 2.05) is 54.6 Å². The molecule has 0 fully saturated rings. The predicted octanol–water partition coefficient (Wildman–Crippen LogP) is 4.09. The largest absolute Gasteiger partial charge is 0.481 e. The molecule has 8 heteroatoms. The van der Waals surface area contributed by atoms with Crippen LogP contribution in [0.1, 0.15) is 36.5 Å². The van der Waals surface area contributed by atoms with E-state index >= 15 is 0 Å². The van der Waals surface area contributed by atoms with E-state index in [1.165, 1.54) is 0 Å². The minimum absolute atomic E-state index is 0.139. The van der Waals surface area contributed by atoms with Crippen LogP contribution < -0.4 is 10.6 Å². The Morgan fingerprint density at radius 2 is 1.27 bits per heavy atom. The average molecular weight is 505 g/mol. The van der Waals surface area contributed by atoms with E-state index in [2.05, 4.69) is 47.0 Å². The summed E-state index contributed by atoms with van der Waals surface area (Å²) >= 11 is 0. The first-order valence-corrected chi connectivity index (χ1v) is 12.2. The molecule has 0 bridgehead atoms. The van der Waals surface area contributed by atoms with E-state index in [0.29, 0.717) is 13.1 Å². The number of carbonyl (C=O) groups is 3. The third kappa shape index (κ3) is 7.91. The molecule has 0 aliphatic heterocycles. The Bertz CT molecular complexity index is 1040. The molecule has 3 N–H and O–H groups in total. The number of ether oxygens (including phenoxy) is 2. The lowest BCUT2D eigenvalue weighted by molar-refractivity contribution is -0.152. The number of alkyl carbamates (subject to hydrolysis) is 1. The molecule has 3 aromatic carbocycles. The number of esters is 1. The van der Waals surface area contributed by atoms with Crippen LogP contribution in [0.5, 0.6) is 0 Å². The van der Waals surface area contributed by atoms with E-state index in [9.17, 15) is 14.4 Å². The molecule has 1 amide bonds. The summed E-state index contributed by atoms with van der Waals surface area (Å²) in [6.07, 6.45) is -1.87. The summed E-state index contributed by atoms with van der Waals surface area (Å²) in [5.74, 6) is -1.73. The molecule has 0 spiro atoms. The summed E-state index contributed by atoms with van der Waals surface area (Å²) in [5, 5.41) is 15.0. The molecule has 0 aliphatic carbocycles. The highest BCUT2D eigenvalue weighted by Crippen LogP contribution is 2.36. The van der Waals surface area contributed by atoms with Crippen LogP contribution in [0.3, 0.4) is 0 Å². The Kier molecular flexibility index (Phi) is 10.2. The van der Waals surface area contributed by atoms with Gasteiger partial charge in [0, 0.05) is 13.1 Å². The van der Waals surface area contributed by atoms with Gasteiger partial charge in [0.25, 0.3) is 0 Å². The van der Waals surface area contributed by atoms with Gasteiger partial charge in [0.2, 0.25) is 0 Å². The summed E-state index contributed by atoms with van der Waals surface area (Å²) in [7, 11) is 0. The number of hydrogen-bond acceptors (Lipinski definition) is 6. The Morgan fingerprint density at radius 1 is 0.784 bits per heavy atom. The van der Waals surface area contributed by atoms with Gasteiger partial charge in [-0.2, -0.15) is 0 Å². The van der Waals surface area contributed by atoms with Crippen LogP contribution in [0, 0.1) is 0 Å². The number of aliphatic carboxylic acids is 1. The van der Waals surface area contributed by atoms with Crippen molar-refractivity contribution in [3.63, 3.8) is 0 Å². The summed E-state index contributed by atoms with van der Waals surface area (Å²) in [6, 6.07) is 30.4. The normalized spacial score (nSPS) is 11.8. The number of carboxylic acid groups (broad SMARTS) is 1. The number of hydrogen-bond donors (Lipinski definition) is 3. The monoisotopic (exact) mass is 504 g/mol. The van der Waals surface area contributed by atoms with Crippen LogP contribution in [0.15, 0.2) is 91.0 Å². The molecule has 0 saturated heterocycles. The van der Waals surface area contributed by atoms with Crippen LogP contribution in [0.2, 0.25) is 0 Å². The van der Waals surface area contributed by atoms with E-state index < -0.39 is 29.7 Å². The molecule has 3 aromatic rings. The lowest BCUT2D eigenvalue weighted by atomic mass is 9.77. The molecule has 0 saturated carbocycles. The molecule has 1 atom stereocenters. The first-order chi connectivity index (χ1) is 17.9. The summed E-state index contributed by atoms with van der Waals surface area (Å²) in [5.41, 5.74) is 2.55. The van der Waals surface area contributed by atoms with Gasteiger partial charge >= 0.3 is 18.0 Å². The summed E-state index contributed by atoms with van der Waals surface area (Å²) < 4.78 is 10.2. The quantitative estimate of drug-likeness (QED) is 0.182. The molecule has 0 heterocycles. The Labute approximate surface area is 216 Å². The van der Waals surface area contributed by atoms with Crippen LogP contribution >= 0.6 is 0 Å². The topological polar surface area (TPSA) is 114 Å². The van der Waals surface area contributed by atoms with Crippen molar-refractivity contribution in [2.75, 3.05) is 19.7 Å². The standard InChI is InChI=1S/C29H32N2O6/c1-22(37-27(34)18-17-26(32)33)21-36-28(35)30-19-20-31-29(23-11-5-2-6-12-23,24-13-7-3-8-14-24)25-15-9-4-10-16-25/h2-16,22,31H,17-21H2,1H3,(H,30,35)(H,32,33). The fraction of sp³-hybridized carbons (Fsp3) is 0.276. The van der Waals surface area contributed by atoms with Gasteiger partial charge in [-0.15, -0.1) is 0 Å². The molecule has 3 rings (SSSR count). The molecule has 0 aromatic heterocycles. The second-order valence-electron chi connectivity index (χ2n) is 8.49. The average Bonchev–Trinajstić information content (AvgIpc) is 2.92. The molecule has 1 unspecified atom stereocenters. The van der Waals surface area contributed by atoms with E-state index in [4.69, 9.17) is 14.6 Å². The molecule has 0 aliphatic rings. The van der Waals surface area contributed by atoms with E-state index in [0.717, 1.165) is 16.7 Å². The smallest absolute Gasteiger partial charge is 0.407 e. The van der Waals surface area contributed by atoms with Gasteiger partial charge < -0.3 is 19.9 Å². The zero-order chi connectivity index (χ0) is 26.5. The van der Waals surface area contributed by atoms with Crippen LogP contribution in [-0.2, 0) is 24.6 Å². The van der Waals surface area contributed by atoms with Gasteiger partial charge in [0.15, 0.2) is 0 Å². The van der Waals surface area contributed by atoms with Crippen LogP contribution in [0.4, 0.5) is 4.79 Å². The maximum absolute atomic E-state index is 12.2. The van der Waals surface area contributed by atoms with Crippen molar-refractivity contribution in [2.24, 2.45) is 0 Å². The number of carboxylic acids is 1. The van der Waals surface area contributed by atoms with Crippen molar-refractivity contribution in [2.45, 2.75) is 31.4 Å². The summed E-state index contributed by atoms with van der Waals surface area (Å²) in [4.78, 5) is 34.4.